The molecule has 2 aromatic heterocycles. The first-order valence-electron chi connectivity index (χ1n) is 13.7. The van der Waals surface area contributed by atoms with Crippen molar-refractivity contribution in [1.29, 1.82) is 0 Å². The van der Waals surface area contributed by atoms with Gasteiger partial charge in [-0.25, -0.2) is 0 Å². The molecular weight excluding hydrogens is 724 g/mol. The molecule has 2 radical (unpaired) electrons. The van der Waals surface area contributed by atoms with Gasteiger partial charge in [0.15, 0.2) is 0 Å². The number of nitrogens with zero attached hydrogens (tertiary/aromatic N) is 6. The minimum atomic E-state index is -2.38. The molecular formula is C24H42Ge2N6O8Se. The SMILES string of the molecule is Cc1nn(CC2CN3CC[O][Ge]([O]CC3)[O]2)c(C)c1[Se]c1c(C)nn(CC2CN3CC[O][Ge]([O]CC3)[O]2)c1C.O.O. The maximum Gasteiger partial charge on any atom is -0.412 e. The molecule has 230 valence electrons. The van der Waals surface area contributed by atoms with Crippen LogP contribution in [0, 0.1) is 27.7 Å². The second kappa shape index (κ2) is 15.1. The van der Waals surface area contributed by atoms with Gasteiger partial charge in [0.1, 0.15) is 0 Å². The second-order valence-corrected chi connectivity index (χ2v) is 18.1. The van der Waals surface area contributed by atoms with E-state index in [1.807, 2.05) is 0 Å². The van der Waals surface area contributed by atoms with Crippen LogP contribution >= 0.6 is 0 Å². The molecule has 6 saturated heterocycles. The van der Waals surface area contributed by atoms with Crippen LogP contribution in [0.3, 0.4) is 0 Å². The van der Waals surface area contributed by atoms with Crippen LogP contribution in [-0.4, -0.2) is 164 Å². The van der Waals surface area contributed by atoms with E-state index in [9.17, 15) is 0 Å². The van der Waals surface area contributed by atoms with Gasteiger partial charge in [-0.3, -0.25) is 0 Å². The van der Waals surface area contributed by atoms with Gasteiger partial charge >= 0.3 is 248 Å². The summed E-state index contributed by atoms with van der Waals surface area (Å²) in [5.74, 6) is 0. The molecule has 0 saturated carbocycles. The zero-order valence-electron chi connectivity index (χ0n) is 24.2. The molecule has 6 fully saturated rings. The first-order chi connectivity index (χ1) is 18.9. The summed E-state index contributed by atoms with van der Waals surface area (Å²) in [5.41, 5.74) is 4.59. The zero-order valence-corrected chi connectivity index (χ0v) is 30.1. The van der Waals surface area contributed by atoms with E-state index in [2.05, 4.69) is 46.9 Å². The van der Waals surface area contributed by atoms with Crippen molar-refractivity contribution in [1.82, 2.24) is 29.4 Å². The summed E-state index contributed by atoms with van der Waals surface area (Å²) in [4.78, 5) is 4.75. The van der Waals surface area contributed by atoms with Crippen molar-refractivity contribution < 1.29 is 33.5 Å². The molecule has 17 heteroatoms. The molecule has 8 rings (SSSR count). The Balaban J connectivity index is 0.00000194. The summed E-state index contributed by atoms with van der Waals surface area (Å²) in [7, 11) is 0. The summed E-state index contributed by atoms with van der Waals surface area (Å²) in [6.07, 6.45) is 0.0581. The maximum atomic E-state index is 6.33. The van der Waals surface area contributed by atoms with Gasteiger partial charge in [0.2, 0.25) is 0 Å². The molecule has 41 heavy (non-hydrogen) atoms. The monoisotopic (exact) mass is 770 g/mol. The van der Waals surface area contributed by atoms with Gasteiger partial charge in [-0.05, 0) is 0 Å². The zero-order chi connectivity index (χ0) is 26.9. The Kier molecular flexibility index (Phi) is 12.3. The van der Waals surface area contributed by atoms with E-state index in [1.165, 1.54) is 20.3 Å². The standard InChI is InChI=1S/C24H38Ge2N6O6Se.2H2O/c1-17-23(19(3)31(27-17)15-21-13-29-5-9-33-25(37-21)34-10-6-29)39-24-18(2)28-32(20(24)4)16-22-14-30-7-11-35-26(38-22)36-12-8-30;;/h21-22H,5-16H2,1-4H3;2*1H2. The number of fused-ring (bicyclic) bond motifs is 12. The number of rotatable bonds is 6. The molecule has 8 heterocycles. The van der Waals surface area contributed by atoms with Crippen LogP contribution in [0.4, 0.5) is 0 Å². The molecule has 0 spiro atoms. The van der Waals surface area contributed by atoms with E-state index in [4.69, 9.17) is 32.8 Å². The first-order valence-corrected chi connectivity index (χ1v) is 20.6. The van der Waals surface area contributed by atoms with E-state index in [0.717, 1.165) is 50.7 Å². The molecule has 4 bridgehead atoms. The van der Waals surface area contributed by atoms with Gasteiger partial charge in [0.25, 0.3) is 0 Å². The third-order valence-corrected chi connectivity index (χ3v) is 16.8. The fraction of sp³-hybridized carbons (Fsp3) is 0.750. The number of hydrogen-bond acceptors (Lipinski definition) is 10. The molecule has 6 aliphatic heterocycles. The van der Waals surface area contributed by atoms with Crippen LogP contribution in [0.2, 0.25) is 0 Å². The fourth-order valence-corrected chi connectivity index (χ4v) is 12.6. The average Bonchev–Trinajstić information content (AvgIpc) is 3.23. The van der Waals surface area contributed by atoms with Crippen LogP contribution in [-0.2, 0) is 35.7 Å². The third-order valence-electron chi connectivity index (χ3n) is 7.55. The van der Waals surface area contributed by atoms with Crippen molar-refractivity contribution in [2.75, 3.05) is 65.7 Å². The fourth-order valence-electron chi connectivity index (χ4n) is 5.45. The van der Waals surface area contributed by atoms with E-state index >= 15 is 0 Å². The van der Waals surface area contributed by atoms with Gasteiger partial charge in [0, 0.05) is 0 Å². The number of aromatic nitrogens is 4. The minimum absolute atomic E-state index is 0. The molecule has 2 atom stereocenters. The smallest absolute Gasteiger partial charge is 0.412 e. The van der Waals surface area contributed by atoms with Crippen LogP contribution in [0.15, 0.2) is 0 Å². The second-order valence-electron chi connectivity index (χ2n) is 10.4. The van der Waals surface area contributed by atoms with Gasteiger partial charge in [-0.2, -0.15) is 0 Å². The van der Waals surface area contributed by atoms with Crippen molar-refractivity contribution in [2.45, 2.75) is 53.0 Å². The summed E-state index contributed by atoms with van der Waals surface area (Å²) < 4.78 is 43.2. The van der Waals surface area contributed by atoms with E-state index < -0.39 is 30.7 Å². The van der Waals surface area contributed by atoms with Crippen molar-refractivity contribution >= 4 is 54.6 Å². The van der Waals surface area contributed by atoms with E-state index in [0.29, 0.717) is 39.5 Å². The third kappa shape index (κ3) is 8.02. The van der Waals surface area contributed by atoms with Gasteiger partial charge in [0.05, 0.1) is 0 Å². The molecule has 0 aliphatic carbocycles. The predicted molar refractivity (Wildman–Crippen MR) is 154 cm³/mol. The van der Waals surface area contributed by atoms with Crippen LogP contribution in [0.25, 0.3) is 0 Å². The Morgan fingerprint density at radius 1 is 0.659 bits per heavy atom. The summed E-state index contributed by atoms with van der Waals surface area (Å²) in [6.45, 7) is 18.4. The number of hydrogen-bond donors (Lipinski definition) is 0. The van der Waals surface area contributed by atoms with Crippen molar-refractivity contribution in [3.05, 3.63) is 22.8 Å². The summed E-state index contributed by atoms with van der Waals surface area (Å²) in [5, 5.41) is 9.91. The van der Waals surface area contributed by atoms with Crippen LogP contribution in [0.5, 0.6) is 0 Å². The molecule has 2 aromatic rings. The van der Waals surface area contributed by atoms with E-state index in [1.54, 1.807) is 0 Å². The Bertz CT molecular complexity index is 1020. The molecule has 4 N–H and O–H groups in total. The quantitative estimate of drug-likeness (QED) is 0.274. The first kappa shape index (κ1) is 33.5. The Hall–Kier alpha value is -0.375. The van der Waals surface area contributed by atoms with Crippen molar-refractivity contribution in [2.24, 2.45) is 0 Å². The van der Waals surface area contributed by atoms with Crippen LogP contribution < -0.4 is 8.92 Å². The van der Waals surface area contributed by atoms with Crippen molar-refractivity contribution in [3.8, 4) is 0 Å². The molecule has 0 amide bonds. The topological polar surface area (TPSA) is 160 Å². The van der Waals surface area contributed by atoms with Crippen molar-refractivity contribution in [3.63, 3.8) is 0 Å². The predicted octanol–water partition coefficient (Wildman–Crippen LogP) is -3.22. The molecule has 6 aliphatic rings. The maximum absolute atomic E-state index is 6.33. The van der Waals surface area contributed by atoms with Gasteiger partial charge in [-0.1, -0.05) is 0 Å². The van der Waals surface area contributed by atoms with Gasteiger partial charge < -0.3 is 11.0 Å². The average molecular weight is 767 g/mol. The molecule has 0 aromatic carbocycles. The normalized spacial score (nSPS) is 27.6. The minimum Gasteiger partial charge on any atom is -0.412 e. The summed E-state index contributed by atoms with van der Waals surface area (Å²) >= 11 is -4.66. The largest absolute Gasteiger partial charge is 0.412 e. The van der Waals surface area contributed by atoms with E-state index in [-0.39, 0.29) is 38.1 Å². The Morgan fingerprint density at radius 3 is 1.39 bits per heavy atom. The molecule has 2 unspecified atom stereocenters. The Labute approximate surface area is 257 Å². The molecule has 14 nitrogen and oxygen atoms in total. The number of aryl methyl sites for hydroxylation is 2. The Morgan fingerprint density at radius 2 is 1.02 bits per heavy atom. The van der Waals surface area contributed by atoms with Gasteiger partial charge in [-0.15, -0.1) is 0 Å². The summed E-state index contributed by atoms with van der Waals surface area (Å²) in [6, 6.07) is 0. The van der Waals surface area contributed by atoms with Crippen LogP contribution in [0.1, 0.15) is 22.8 Å².